The quantitative estimate of drug-likeness (QED) is 0.0514. The Morgan fingerprint density at radius 3 is 1.28 bits per heavy atom. The Morgan fingerprint density at radius 2 is 1.03 bits per heavy atom. The Balaban J connectivity index is 4.60. The SMILES string of the molecule is CN(C)CC(=O)N[C@@H](CO)C(=O)N[C@@H](C=O)CSSC[C@H](C=O)NC(=O)[C@H](CO)NC(=O)CN(C)C. The van der Waals surface area contributed by atoms with Gasteiger partial charge in [-0.3, -0.25) is 19.2 Å². The van der Waals surface area contributed by atoms with Crippen LogP contribution in [0.3, 0.4) is 0 Å². The third-order valence-electron chi connectivity index (χ3n) is 4.15. The largest absolute Gasteiger partial charge is 0.394 e. The molecular formula is C20H36N6O8S2. The lowest BCUT2D eigenvalue weighted by Crippen LogP contribution is -2.53. The molecule has 0 aromatic heterocycles. The second-order valence-electron chi connectivity index (χ2n) is 8.15. The van der Waals surface area contributed by atoms with Crippen molar-refractivity contribution in [3.63, 3.8) is 0 Å². The molecule has 0 bridgehead atoms. The van der Waals surface area contributed by atoms with Crippen molar-refractivity contribution >= 4 is 57.8 Å². The second kappa shape index (κ2) is 18.9. The minimum Gasteiger partial charge on any atom is -0.394 e. The number of hydrogen-bond donors (Lipinski definition) is 6. The van der Waals surface area contributed by atoms with E-state index in [0.717, 1.165) is 21.6 Å². The van der Waals surface area contributed by atoms with E-state index in [-0.39, 0.29) is 24.6 Å². The summed E-state index contributed by atoms with van der Waals surface area (Å²) in [6.45, 7) is -1.26. The molecule has 0 fully saturated rings. The first kappa shape index (κ1) is 33.8. The fraction of sp³-hybridized carbons (Fsp3) is 0.700. The molecule has 14 nitrogen and oxygen atoms in total. The van der Waals surface area contributed by atoms with E-state index < -0.39 is 61.0 Å². The molecule has 0 saturated carbocycles. The number of aliphatic hydroxyl groups excluding tert-OH is 2. The lowest BCUT2D eigenvalue weighted by Gasteiger charge is -2.21. The van der Waals surface area contributed by atoms with E-state index in [4.69, 9.17) is 0 Å². The highest BCUT2D eigenvalue weighted by atomic mass is 33.1. The van der Waals surface area contributed by atoms with Crippen molar-refractivity contribution in [3.8, 4) is 0 Å². The van der Waals surface area contributed by atoms with Gasteiger partial charge in [0, 0.05) is 11.5 Å². The molecule has 0 radical (unpaired) electrons. The standard InChI is InChI=1S/C20H36N6O8S2/c1-25(2)5-17(31)23-15(9-29)19(33)21-13(7-27)11-35-36-12-14(8-28)22-20(34)16(10-30)24-18(32)6-26(3)4/h7-8,13-16,29-30H,5-6,9-12H2,1-4H3,(H,21,33)(H,22,34)(H,23,31)(H,24,32)/t13-,14-,15-,16-/m0/s1. The van der Waals surface area contributed by atoms with Crippen molar-refractivity contribution in [1.82, 2.24) is 31.1 Å². The van der Waals surface area contributed by atoms with Gasteiger partial charge in [-0.2, -0.15) is 0 Å². The Hall–Kier alpha value is -2.24. The van der Waals surface area contributed by atoms with Crippen LogP contribution < -0.4 is 21.3 Å². The van der Waals surface area contributed by atoms with Crippen LogP contribution in [0.5, 0.6) is 0 Å². The van der Waals surface area contributed by atoms with Crippen LogP contribution in [-0.4, -0.2) is 146 Å². The number of nitrogens with one attached hydrogen (secondary N) is 4. The van der Waals surface area contributed by atoms with Crippen molar-refractivity contribution in [2.75, 3.05) is 66.0 Å². The molecular weight excluding hydrogens is 516 g/mol. The summed E-state index contributed by atoms with van der Waals surface area (Å²) in [5, 5.41) is 28.4. The molecule has 0 spiro atoms. The molecule has 0 saturated heterocycles. The van der Waals surface area contributed by atoms with Gasteiger partial charge in [0.25, 0.3) is 0 Å². The Bertz CT molecular complexity index is 683. The van der Waals surface area contributed by atoms with E-state index >= 15 is 0 Å². The van der Waals surface area contributed by atoms with Gasteiger partial charge < -0.3 is 50.9 Å². The molecule has 0 aromatic rings. The maximum Gasteiger partial charge on any atom is 0.245 e. The maximum absolute atomic E-state index is 12.3. The highest BCUT2D eigenvalue weighted by molar-refractivity contribution is 8.76. The van der Waals surface area contributed by atoms with Crippen molar-refractivity contribution < 1.29 is 39.0 Å². The van der Waals surface area contributed by atoms with Gasteiger partial charge in [-0.05, 0) is 28.2 Å². The highest BCUT2D eigenvalue weighted by Gasteiger charge is 2.24. The molecule has 6 N–H and O–H groups in total. The lowest BCUT2D eigenvalue weighted by atomic mass is 10.2. The first-order valence-corrected chi connectivity index (χ1v) is 13.3. The maximum atomic E-state index is 12.3. The van der Waals surface area contributed by atoms with Crippen LogP contribution in [-0.2, 0) is 28.8 Å². The first-order valence-electron chi connectivity index (χ1n) is 10.8. The Labute approximate surface area is 218 Å². The van der Waals surface area contributed by atoms with E-state index in [2.05, 4.69) is 21.3 Å². The summed E-state index contributed by atoms with van der Waals surface area (Å²) in [7, 11) is 8.97. The van der Waals surface area contributed by atoms with E-state index in [0.29, 0.717) is 12.6 Å². The lowest BCUT2D eigenvalue weighted by molar-refractivity contribution is -0.131. The fourth-order valence-electron chi connectivity index (χ4n) is 2.48. The summed E-state index contributed by atoms with van der Waals surface area (Å²) in [5.41, 5.74) is 0. The normalized spacial score (nSPS) is 14.3. The molecule has 0 heterocycles. The molecule has 0 aromatic carbocycles. The Morgan fingerprint density at radius 1 is 0.694 bits per heavy atom. The second-order valence-corrected chi connectivity index (χ2v) is 10.7. The van der Waals surface area contributed by atoms with Gasteiger partial charge in [-0.1, -0.05) is 21.6 Å². The average Bonchev–Trinajstić information content (AvgIpc) is 2.80. The first-order chi connectivity index (χ1) is 17.0. The fourth-order valence-corrected chi connectivity index (χ4v) is 4.75. The zero-order chi connectivity index (χ0) is 27.7. The number of rotatable bonds is 19. The predicted octanol–water partition coefficient (Wildman–Crippen LogP) is -4.19. The molecule has 4 atom stereocenters. The highest BCUT2D eigenvalue weighted by Crippen LogP contribution is 2.22. The zero-order valence-corrected chi connectivity index (χ0v) is 22.4. The minimum atomic E-state index is -1.22. The summed E-state index contributed by atoms with van der Waals surface area (Å²) in [4.78, 5) is 74.0. The van der Waals surface area contributed by atoms with Crippen LogP contribution >= 0.6 is 21.6 Å². The van der Waals surface area contributed by atoms with Crippen LogP contribution in [0.1, 0.15) is 0 Å². The zero-order valence-electron chi connectivity index (χ0n) is 20.8. The van der Waals surface area contributed by atoms with Gasteiger partial charge in [0.15, 0.2) is 0 Å². The number of nitrogens with zero attached hydrogens (tertiary/aromatic N) is 2. The van der Waals surface area contributed by atoms with Crippen molar-refractivity contribution in [2.45, 2.75) is 24.2 Å². The molecule has 0 aliphatic carbocycles. The number of amides is 4. The number of likely N-dealkylation sites (N-methyl/N-ethyl adjacent to an activating group) is 2. The van der Waals surface area contributed by atoms with Crippen molar-refractivity contribution in [2.24, 2.45) is 0 Å². The molecule has 0 rings (SSSR count). The van der Waals surface area contributed by atoms with E-state index in [9.17, 15) is 39.0 Å². The summed E-state index contributed by atoms with van der Waals surface area (Å²) in [5.74, 6) is -2.16. The topological polar surface area (TPSA) is 197 Å². The summed E-state index contributed by atoms with van der Waals surface area (Å²) < 4.78 is 0. The number of aliphatic hydroxyl groups is 2. The number of carbonyl (C=O) groups is 6. The van der Waals surface area contributed by atoms with Gasteiger partial charge in [-0.25, -0.2) is 0 Å². The predicted molar refractivity (Wildman–Crippen MR) is 136 cm³/mol. The van der Waals surface area contributed by atoms with Gasteiger partial charge in [0.1, 0.15) is 24.7 Å². The van der Waals surface area contributed by atoms with Crippen LogP contribution in [0.4, 0.5) is 0 Å². The summed E-state index contributed by atoms with van der Waals surface area (Å²) in [6.07, 6.45) is 1.01. The third-order valence-corrected chi connectivity index (χ3v) is 6.62. The van der Waals surface area contributed by atoms with Gasteiger partial charge in [0.2, 0.25) is 23.6 Å². The van der Waals surface area contributed by atoms with Gasteiger partial charge in [0.05, 0.1) is 38.4 Å². The molecule has 206 valence electrons. The summed E-state index contributed by atoms with van der Waals surface area (Å²) in [6, 6.07) is -4.29. The van der Waals surface area contributed by atoms with Gasteiger partial charge >= 0.3 is 0 Å². The van der Waals surface area contributed by atoms with E-state index in [1.54, 1.807) is 38.0 Å². The molecule has 4 amide bonds. The van der Waals surface area contributed by atoms with Crippen molar-refractivity contribution in [3.05, 3.63) is 0 Å². The van der Waals surface area contributed by atoms with Gasteiger partial charge in [-0.15, -0.1) is 0 Å². The average molecular weight is 553 g/mol. The van der Waals surface area contributed by atoms with Crippen molar-refractivity contribution in [1.29, 1.82) is 0 Å². The van der Waals surface area contributed by atoms with Crippen LogP contribution in [0.2, 0.25) is 0 Å². The molecule has 36 heavy (non-hydrogen) atoms. The molecule has 0 aliphatic heterocycles. The third kappa shape index (κ3) is 15.0. The number of carbonyl (C=O) groups excluding carboxylic acids is 6. The number of hydrogen-bond acceptors (Lipinski definition) is 12. The monoisotopic (exact) mass is 552 g/mol. The van der Waals surface area contributed by atoms with E-state index in [1.807, 2.05) is 0 Å². The van der Waals surface area contributed by atoms with Crippen LogP contribution in [0, 0.1) is 0 Å². The molecule has 0 aliphatic rings. The summed E-state index contributed by atoms with van der Waals surface area (Å²) >= 11 is 0. The minimum absolute atomic E-state index is 0.0172. The van der Waals surface area contributed by atoms with Crippen LogP contribution in [0.15, 0.2) is 0 Å². The Kier molecular flexibility index (Phi) is 17.8. The smallest absolute Gasteiger partial charge is 0.245 e. The van der Waals surface area contributed by atoms with Crippen LogP contribution in [0.25, 0.3) is 0 Å². The molecule has 0 unspecified atom stereocenters. The van der Waals surface area contributed by atoms with E-state index in [1.165, 1.54) is 0 Å². The molecule has 16 heteroatoms. The number of aldehydes is 2.